The maximum absolute atomic E-state index is 13.3. The summed E-state index contributed by atoms with van der Waals surface area (Å²) < 4.78 is 27.0. The van der Waals surface area contributed by atoms with Crippen LogP contribution in [0.4, 0.5) is 8.78 Å². The lowest BCUT2D eigenvalue weighted by molar-refractivity contribution is 0.351. The largest absolute Gasteiger partial charge is 0.492 e. The second-order valence-corrected chi connectivity index (χ2v) is 4.00. The predicted molar refractivity (Wildman–Crippen MR) is 63.2 cm³/mol. The number of hydrogen-bond donors (Lipinski definition) is 2. The average Bonchev–Trinajstić information content (AvgIpc) is 2.36. The molecule has 2 rings (SSSR count). The summed E-state index contributed by atoms with van der Waals surface area (Å²) in [7, 11) is 0. The smallest absolute Gasteiger partial charge is 0.331 e. The fourth-order valence-electron chi connectivity index (χ4n) is 1.79. The van der Waals surface area contributed by atoms with Gasteiger partial charge in [0.2, 0.25) is 11.7 Å². The lowest BCUT2D eigenvalue weighted by Gasteiger charge is -2.16. The Morgan fingerprint density at radius 1 is 1.32 bits per heavy atom. The first-order chi connectivity index (χ1) is 8.91. The molecule has 1 heterocycles. The summed E-state index contributed by atoms with van der Waals surface area (Å²) in [5, 5.41) is 9.53. The molecule has 0 saturated heterocycles. The third kappa shape index (κ3) is 2.26. The van der Waals surface area contributed by atoms with Gasteiger partial charge in [-0.05, 0) is 24.6 Å². The van der Waals surface area contributed by atoms with Crippen molar-refractivity contribution >= 4 is 0 Å². The Balaban J connectivity index is 2.63. The van der Waals surface area contributed by atoms with E-state index in [1.165, 1.54) is 25.1 Å². The molecule has 0 spiro atoms. The summed E-state index contributed by atoms with van der Waals surface area (Å²) in [4.78, 5) is 24.3. The van der Waals surface area contributed by atoms with Crippen molar-refractivity contribution < 1.29 is 13.9 Å². The molecule has 0 aliphatic carbocycles. The van der Waals surface area contributed by atoms with E-state index >= 15 is 0 Å². The van der Waals surface area contributed by atoms with Crippen molar-refractivity contribution in [2.45, 2.75) is 13.0 Å². The molecule has 0 fully saturated rings. The molecule has 5 nitrogen and oxygen atoms in total. The van der Waals surface area contributed by atoms with Crippen LogP contribution < -0.4 is 11.2 Å². The van der Waals surface area contributed by atoms with Gasteiger partial charge in [0.15, 0.2) is 0 Å². The number of benzene rings is 1. The van der Waals surface area contributed by atoms with Crippen LogP contribution in [0.25, 0.3) is 0 Å². The van der Waals surface area contributed by atoms with E-state index in [0.717, 1.165) is 6.07 Å². The highest BCUT2D eigenvalue weighted by Gasteiger charge is 2.19. The lowest BCUT2D eigenvalue weighted by atomic mass is 10.1. The van der Waals surface area contributed by atoms with Crippen molar-refractivity contribution in [3.63, 3.8) is 0 Å². The van der Waals surface area contributed by atoms with Gasteiger partial charge in [0.1, 0.15) is 5.82 Å². The van der Waals surface area contributed by atoms with Crippen molar-refractivity contribution in [3.8, 4) is 5.88 Å². The number of nitrogens with zero attached hydrogens (tertiary/aromatic N) is 1. The van der Waals surface area contributed by atoms with Crippen molar-refractivity contribution in [2.75, 3.05) is 0 Å². The first-order valence-electron chi connectivity index (χ1n) is 5.40. The van der Waals surface area contributed by atoms with E-state index in [-0.39, 0.29) is 0 Å². The summed E-state index contributed by atoms with van der Waals surface area (Å²) in [6, 6.07) is 4.47. The molecule has 2 aromatic rings. The number of H-pyrrole nitrogens is 1. The van der Waals surface area contributed by atoms with E-state index in [4.69, 9.17) is 0 Å². The number of rotatable bonds is 2. The van der Waals surface area contributed by atoms with Crippen LogP contribution in [0.2, 0.25) is 0 Å². The Kier molecular flexibility index (Phi) is 3.20. The van der Waals surface area contributed by atoms with Crippen LogP contribution in [-0.2, 0) is 0 Å². The van der Waals surface area contributed by atoms with Gasteiger partial charge in [-0.15, -0.1) is 0 Å². The van der Waals surface area contributed by atoms with Gasteiger partial charge in [-0.2, -0.15) is 4.39 Å². The van der Waals surface area contributed by atoms with Gasteiger partial charge in [0.05, 0.1) is 6.04 Å². The molecule has 0 saturated carbocycles. The number of hydrogen-bond acceptors (Lipinski definition) is 3. The molecular formula is C12H10F2N2O3. The van der Waals surface area contributed by atoms with Crippen molar-refractivity contribution in [1.29, 1.82) is 0 Å². The van der Waals surface area contributed by atoms with E-state index in [9.17, 15) is 23.5 Å². The Labute approximate surface area is 105 Å². The monoisotopic (exact) mass is 268 g/mol. The molecule has 0 radical (unpaired) electrons. The molecular weight excluding hydrogens is 258 g/mol. The van der Waals surface area contributed by atoms with Gasteiger partial charge in [-0.1, -0.05) is 12.1 Å². The Bertz CT molecular complexity index is 736. The van der Waals surface area contributed by atoms with Crippen LogP contribution in [0.3, 0.4) is 0 Å². The molecule has 1 atom stereocenters. The fraction of sp³-hybridized carbons (Fsp3) is 0.167. The number of halogens is 2. The normalized spacial score (nSPS) is 12.4. The topological polar surface area (TPSA) is 75.1 Å². The third-order valence-corrected chi connectivity index (χ3v) is 2.78. The molecule has 0 amide bonds. The van der Waals surface area contributed by atoms with Crippen molar-refractivity contribution in [3.05, 3.63) is 62.3 Å². The highest BCUT2D eigenvalue weighted by atomic mass is 19.1. The molecule has 1 aromatic heterocycles. The van der Waals surface area contributed by atoms with Crippen LogP contribution in [-0.4, -0.2) is 14.7 Å². The molecule has 7 heteroatoms. The molecule has 0 bridgehead atoms. The quantitative estimate of drug-likeness (QED) is 0.857. The van der Waals surface area contributed by atoms with E-state index in [1.807, 2.05) is 0 Å². The van der Waals surface area contributed by atoms with Crippen LogP contribution in [0, 0.1) is 11.6 Å². The fourth-order valence-corrected chi connectivity index (χ4v) is 1.79. The number of aromatic nitrogens is 2. The lowest BCUT2D eigenvalue weighted by Crippen LogP contribution is -2.33. The molecule has 0 aliphatic heterocycles. The summed E-state index contributed by atoms with van der Waals surface area (Å²) in [6.07, 6.45) is 0. The van der Waals surface area contributed by atoms with Crippen LogP contribution in [0.15, 0.2) is 33.9 Å². The van der Waals surface area contributed by atoms with E-state index in [0.29, 0.717) is 10.1 Å². The second-order valence-electron chi connectivity index (χ2n) is 4.00. The summed E-state index contributed by atoms with van der Waals surface area (Å²) in [5.74, 6) is -3.06. The van der Waals surface area contributed by atoms with E-state index < -0.39 is 34.8 Å². The number of aromatic hydroxyl groups is 1. The standard InChI is InChI=1S/C12H10F2N2O3/c1-6(7-3-2-4-8(13)5-7)16-11(18)9(14)10(17)15-12(16)19/h2-6,18H,1H3,(H,15,17,19). The van der Waals surface area contributed by atoms with Gasteiger partial charge in [-0.3, -0.25) is 14.3 Å². The van der Waals surface area contributed by atoms with Gasteiger partial charge >= 0.3 is 5.69 Å². The average molecular weight is 268 g/mol. The molecule has 100 valence electrons. The Morgan fingerprint density at radius 2 is 2.00 bits per heavy atom. The Hall–Kier alpha value is -2.44. The molecule has 2 N–H and O–H groups in total. The van der Waals surface area contributed by atoms with Gasteiger partial charge in [0, 0.05) is 0 Å². The first kappa shape index (κ1) is 13.0. The minimum atomic E-state index is -1.46. The Morgan fingerprint density at radius 3 is 2.63 bits per heavy atom. The van der Waals surface area contributed by atoms with Crippen LogP contribution >= 0.6 is 0 Å². The molecule has 1 unspecified atom stereocenters. The highest BCUT2D eigenvalue weighted by Crippen LogP contribution is 2.21. The zero-order chi connectivity index (χ0) is 14.2. The first-order valence-corrected chi connectivity index (χ1v) is 5.40. The van der Waals surface area contributed by atoms with Gasteiger partial charge < -0.3 is 5.11 Å². The SMILES string of the molecule is CC(c1cccc(F)c1)n1c(O)c(F)c(=O)[nH]c1=O. The van der Waals surface area contributed by atoms with E-state index in [1.54, 1.807) is 4.98 Å². The predicted octanol–water partition coefficient (Wildman–Crippen LogP) is 1.13. The number of aromatic amines is 1. The summed E-state index contributed by atoms with van der Waals surface area (Å²) in [5.41, 5.74) is -1.92. The van der Waals surface area contributed by atoms with Crippen LogP contribution in [0.1, 0.15) is 18.5 Å². The maximum atomic E-state index is 13.3. The van der Waals surface area contributed by atoms with E-state index in [2.05, 4.69) is 0 Å². The summed E-state index contributed by atoms with van der Waals surface area (Å²) >= 11 is 0. The minimum absolute atomic E-state index is 0.351. The zero-order valence-corrected chi connectivity index (χ0v) is 9.85. The van der Waals surface area contributed by atoms with Gasteiger partial charge in [0.25, 0.3) is 5.56 Å². The summed E-state index contributed by atoms with van der Waals surface area (Å²) in [6.45, 7) is 1.47. The maximum Gasteiger partial charge on any atom is 0.331 e. The third-order valence-electron chi connectivity index (χ3n) is 2.78. The highest BCUT2D eigenvalue weighted by molar-refractivity contribution is 5.23. The number of nitrogens with one attached hydrogen (secondary N) is 1. The molecule has 0 aliphatic rings. The minimum Gasteiger partial charge on any atom is -0.492 e. The van der Waals surface area contributed by atoms with Crippen LogP contribution in [0.5, 0.6) is 5.88 Å². The molecule has 1 aromatic carbocycles. The van der Waals surface area contributed by atoms with Crippen molar-refractivity contribution in [1.82, 2.24) is 9.55 Å². The second kappa shape index (κ2) is 4.68. The van der Waals surface area contributed by atoms with Crippen molar-refractivity contribution in [2.24, 2.45) is 0 Å². The van der Waals surface area contributed by atoms with Gasteiger partial charge in [-0.25, -0.2) is 9.18 Å². The zero-order valence-electron chi connectivity index (χ0n) is 9.85. The molecule has 19 heavy (non-hydrogen) atoms.